The van der Waals surface area contributed by atoms with Gasteiger partial charge in [-0.3, -0.25) is 0 Å². The Bertz CT molecular complexity index is 349. The molecule has 100 valence electrons. The van der Waals surface area contributed by atoms with Gasteiger partial charge in [0.05, 0.1) is 0 Å². The van der Waals surface area contributed by atoms with E-state index in [1.54, 1.807) is 0 Å². The molecule has 1 aromatic rings. The lowest BCUT2D eigenvalue weighted by Gasteiger charge is -2.36. The molecular weight excluding hydrogens is 218 g/mol. The van der Waals surface area contributed by atoms with Crippen LogP contribution in [-0.2, 0) is 5.41 Å². The maximum atomic E-state index is 3.57. The molecule has 0 radical (unpaired) electrons. The Morgan fingerprint density at radius 2 is 1.78 bits per heavy atom. The lowest BCUT2D eigenvalue weighted by atomic mass is 9.74. The smallest absolute Gasteiger partial charge is 0.0158 e. The Balaban J connectivity index is 2.10. The fourth-order valence-corrected chi connectivity index (χ4v) is 3.42. The highest BCUT2D eigenvalue weighted by atomic mass is 14.9. The van der Waals surface area contributed by atoms with Crippen molar-refractivity contribution >= 4 is 0 Å². The number of hydrogen-bond acceptors (Lipinski definition) is 1. The van der Waals surface area contributed by atoms with Gasteiger partial charge < -0.3 is 5.32 Å². The molecule has 1 unspecified atom stereocenters. The van der Waals surface area contributed by atoms with Crippen LogP contribution in [-0.4, -0.2) is 13.1 Å². The van der Waals surface area contributed by atoms with Crippen LogP contribution < -0.4 is 5.32 Å². The van der Waals surface area contributed by atoms with Crippen molar-refractivity contribution in [2.75, 3.05) is 7.05 Å². The maximum Gasteiger partial charge on any atom is 0.0158 e. The average Bonchev–Trinajstić information content (AvgIpc) is 2.89. The van der Waals surface area contributed by atoms with Crippen molar-refractivity contribution < 1.29 is 0 Å². The summed E-state index contributed by atoms with van der Waals surface area (Å²) in [6, 6.07) is 11.5. The molecule has 0 bridgehead atoms. The first kappa shape index (κ1) is 13.6. The van der Waals surface area contributed by atoms with Gasteiger partial charge in [0, 0.05) is 11.5 Å². The highest BCUT2D eigenvalue weighted by Gasteiger charge is 2.32. The van der Waals surface area contributed by atoms with E-state index in [4.69, 9.17) is 0 Å². The van der Waals surface area contributed by atoms with E-state index in [0.29, 0.717) is 6.04 Å². The fraction of sp³-hybridized carbons (Fsp3) is 0.647. The van der Waals surface area contributed by atoms with Crippen LogP contribution in [0.2, 0.25) is 0 Å². The van der Waals surface area contributed by atoms with E-state index in [2.05, 4.69) is 56.5 Å². The number of nitrogens with one attached hydrogen (secondary N) is 1. The number of benzene rings is 1. The van der Waals surface area contributed by atoms with Gasteiger partial charge in [-0.2, -0.15) is 0 Å². The maximum absolute atomic E-state index is 3.57. The second kappa shape index (κ2) is 5.88. The summed E-state index contributed by atoms with van der Waals surface area (Å²) in [7, 11) is 2.12. The summed E-state index contributed by atoms with van der Waals surface area (Å²) in [5.74, 6) is 0.936. The van der Waals surface area contributed by atoms with Crippen LogP contribution in [0, 0.1) is 5.92 Å². The van der Waals surface area contributed by atoms with Crippen molar-refractivity contribution in [3.63, 3.8) is 0 Å². The molecule has 1 aliphatic carbocycles. The van der Waals surface area contributed by atoms with Gasteiger partial charge in [0.1, 0.15) is 0 Å². The SMILES string of the molecule is CNC(CC1CCCC1)C(C)(C)c1ccccc1. The lowest BCUT2D eigenvalue weighted by molar-refractivity contribution is 0.294. The van der Waals surface area contributed by atoms with Crippen LogP contribution >= 0.6 is 0 Å². The minimum atomic E-state index is 0.207. The molecule has 0 amide bonds. The molecule has 1 atom stereocenters. The number of likely N-dealkylation sites (N-methyl/N-ethyl adjacent to an activating group) is 1. The Morgan fingerprint density at radius 1 is 1.17 bits per heavy atom. The first-order chi connectivity index (χ1) is 8.64. The molecule has 1 aromatic carbocycles. The number of rotatable bonds is 5. The van der Waals surface area contributed by atoms with Crippen molar-refractivity contribution in [1.82, 2.24) is 5.32 Å². The summed E-state index contributed by atoms with van der Waals surface area (Å²) < 4.78 is 0. The first-order valence-corrected chi connectivity index (χ1v) is 7.37. The fourth-order valence-electron chi connectivity index (χ4n) is 3.42. The largest absolute Gasteiger partial charge is 0.316 e. The predicted octanol–water partition coefficient (Wildman–Crippen LogP) is 4.13. The Labute approximate surface area is 112 Å². The van der Waals surface area contributed by atoms with Crippen LogP contribution in [0.15, 0.2) is 30.3 Å². The highest BCUT2D eigenvalue weighted by Crippen LogP contribution is 2.35. The van der Waals surface area contributed by atoms with Crippen LogP contribution in [0.3, 0.4) is 0 Å². The molecule has 0 aromatic heterocycles. The molecule has 0 saturated heterocycles. The Morgan fingerprint density at radius 3 is 2.33 bits per heavy atom. The normalized spacial score (nSPS) is 19.1. The topological polar surface area (TPSA) is 12.0 Å². The first-order valence-electron chi connectivity index (χ1n) is 7.37. The molecule has 1 aliphatic rings. The van der Waals surface area contributed by atoms with Crippen LogP contribution in [0.1, 0.15) is 51.5 Å². The molecule has 1 saturated carbocycles. The summed E-state index contributed by atoms with van der Waals surface area (Å²) in [4.78, 5) is 0. The third kappa shape index (κ3) is 2.95. The summed E-state index contributed by atoms with van der Waals surface area (Å²) >= 11 is 0. The third-order valence-corrected chi connectivity index (χ3v) is 4.78. The molecule has 0 heterocycles. The number of hydrogen-bond donors (Lipinski definition) is 1. The van der Waals surface area contributed by atoms with Gasteiger partial charge >= 0.3 is 0 Å². The molecule has 1 heteroatoms. The van der Waals surface area contributed by atoms with E-state index in [-0.39, 0.29) is 5.41 Å². The summed E-state index contributed by atoms with van der Waals surface area (Å²) in [6.07, 6.45) is 7.06. The van der Waals surface area contributed by atoms with E-state index in [1.165, 1.54) is 37.7 Å². The summed E-state index contributed by atoms with van der Waals surface area (Å²) in [5, 5.41) is 3.57. The van der Waals surface area contributed by atoms with Crippen molar-refractivity contribution in [1.29, 1.82) is 0 Å². The van der Waals surface area contributed by atoms with Crippen LogP contribution in [0.4, 0.5) is 0 Å². The zero-order chi connectivity index (χ0) is 13.0. The van der Waals surface area contributed by atoms with Crippen molar-refractivity contribution in [2.24, 2.45) is 5.92 Å². The van der Waals surface area contributed by atoms with E-state index in [9.17, 15) is 0 Å². The van der Waals surface area contributed by atoms with E-state index < -0.39 is 0 Å². The van der Waals surface area contributed by atoms with Gasteiger partial charge in [-0.1, -0.05) is 69.9 Å². The van der Waals surface area contributed by atoms with Crippen molar-refractivity contribution in [3.05, 3.63) is 35.9 Å². The lowest BCUT2D eigenvalue weighted by Crippen LogP contribution is -2.44. The van der Waals surface area contributed by atoms with E-state index in [0.717, 1.165) is 5.92 Å². The van der Waals surface area contributed by atoms with Gasteiger partial charge in [0.15, 0.2) is 0 Å². The van der Waals surface area contributed by atoms with E-state index >= 15 is 0 Å². The molecule has 1 fully saturated rings. The minimum Gasteiger partial charge on any atom is -0.316 e. The van der Waals surface area contributed by atoms with Crippen molar-refractivity contribution in [3.8, 4) is 0 Å². The van der Waals surface area contributed by atoms with Gasteiger partial charge in [-0.15, -0.1) is 0 Å². The highest BCUT2D eigenvalue weighted by molar-refractivity contribution is 5.25. The zero-order valence-electron chi connectivity index (χ0n) is 12.1. The molecule has 0 aliphatic heterocycles. The van der Waals surface area contributed by atoms with Crippen LogP contribution in [0.5, 0.6) is 0 Å². The van der Waals surface area contributed by atoms with Gasteiger partial charge in [0.2, 0.25) is 0 Å². The molecule has 2 rings (SSSR count). The Hall–Kier alpha value is -0.820. The standard InChI is InChI=1S/C17H27N/c1-17(2,15-11-5-4-6-12-15)16(18-3)13-14-9-7-8-10-14/h4-6,11-12,14,16,18H,7-10,13H2,1-3H3. The van der Waals surface area contributed by atoms with E-state index in [1.807, 2.05) is 0 Å². The summed E-state index contributed by atoms with van der Waals surface area (Å²) in [5.41, 5.74) is 1.65. The molecule has 1 nitrogen and oxygen atoms in total. The third-order valence-electron chi connectivity index (χ3n) is 4.78. The zero-order valence-corrected chi connectivity index (χ0v) is 12.1. The minimum absolute atomic E-state index is 0.207. The van der Waals surface area contributed by atoms with Crippen molar-refractivity contribution in [2.45, 2.75) is 57.4 Å². The van der Waals surface area contributed by atoms with Crippen LogP contribution in [0.25, 0.3) is 0 Å². The van der Waals surface area contributed by atoms with Gasteiger partial charge in [-0.25, -0.2) is 0 Å². The van der Waals surface area contributed by atoms with Gasteiger partial charge in [-0.05, 0) is 24.9 Å². The van der Waals surface area contributed by atoms with Gasteiger partial charge in [0.25, 0.3) is 0 Å². The predicted molar refractivity (Wildman–Crippen MR) is 78.9 cm³/mol. The average molecular weight is 245 g/mol. The molecule has 0 spiro atoms. The molecular formula is C17H27N. The second-order valence-corrected chi connectivity index (χ2v) is 6.32. The molecule has 1 N–H and O–H groups in total. The Kier molecular flexibility index (Phi) is 4.45. The quantitative estimate of drug-likeness (QED) is 0.822. The summed E-state index contributed by atoms with van der Waals surface area (Å²) in [6.45, 7) is 4.75. The second-order valence-electron chi connectivity index (χ2n) is 6.32. The molecule has 18 heavy (non-hydrogen) atoms. The monoisotopic (exact) mass is 245 g/mol.